The fourth-order valence-electron chi connectivity index (χ4n) is 2.07. The maximum Gasteiger partial charge on any atom is 0.345 e. The normalized spacial score (nSPS) is 11.7. The Labute approximate surface area is 141 Å². The van der Waals surface area contributed by atoms with E-state index in [4.69, 9.17) is 4.42 Å². The first-order valence-electron chi connectivity index (χ1n) is 6.61. The zero-order valence-electron chi connectivity index (χ0n) is 12.2. The number of hydrogen-bond acceptors (Lipinski definition) is 5. The summed E-state index contributed by atoms with van der Waals surface area (Å²) in [5.41, 5.74) is -0.889. The second-order valence-electron chi connectivity index (χ2n) is 4.89. The third kappa shape index (κ3) is 2.90. The third-order valence-electron chi connectivity index (χ3n) is 3.22. The molecule has 0 bridgehead atoms. The first kappa shape index (κ1) is 17.9. The molecule has 5 nitrogen and oxygen atoms in total. The van der Waals surface area contributed by atoms with Gasteiger partial charge in [-0.15, -0.1) is 0 Å². The quantitative estimate of drug-likeness (QED) is 0.225. The predicted molar refractivity (Wildman–Crippen MR) is 76.5 cm³/mol. The zero-order valence-corrected chi connectivity index (χ0v) is 13.0. The fraction of sp³-hybridized carbons (Fsp3) is 0. The minimum Gasteiger partial charge on any atom is -0.423 e. The van der Waals surface area contributed by atoms with Crippen molar-refractivity contribution in [2.24, 2.45) is 0 Å². The lowest BCUT2D eigenvalue weighted by atomic mass is 10.2. The molecule has 0 saturated heterocycles. The van der Waals surface area contributed by atoms with Crippen LogP contribution in [0.2, 0.25) is 0 Å². The molecule has 0 aliphatic rings. The minimum absolute atomic E-state index is 0.123. The van der Waals surface area contributed by atoms with Crippen LogP contribution in [-0.4, -0.2) is 8.42 Å². The Kier molecular flexibility index (Phi) is 4.18. The van der Waals surface area contributed by atoms with Crippen LogP contribution in [0.1, 0.15) is 0 Å². The molecule has 3 aromatic rings. The molecule has 0 atom stereocenters. The number of benzene rings is 2. The Balaban J connectivity index is 2.12. The Bertz CT molecular complexity index is 1170. The number of hydrogen-bond donors (Lipinski definition) is 0. The van der Waals surface area contributed by atoms with Crippen molar-refractivity contribution in [2.45, 2.75) is 4.90 Å². The van der Waals surface area contributed by atoms with Gasteiger partial charge in [-0.05, 0) is 18.2 Å². The van der Waals surface area contributed by atoms with E-state index in [0.29, 0.717) is 5.39 Å². The summed E-state index contributed by atoms with van der Waals surface area (Å²) in [4.78, 5) is 9.02. The van der Waals surface area contributed by atoms with E-state index in [9.17, 15) is 35.2 Å². The van der Waals surface area contributed by atoms with Crippen molar-refractivity contribution in [3.05, 3.63) is 69.8 Å². The van der Waals surface area contributed by atoms with Gasteiger partial charge in [-0.3, -0.25) is 0 Å². The lowest BCUT2D eigenvalue weighted by Gasteiger charge is -2.10. The molecule has 0 radical (unpaired) electrons. The molecule has 0 spiro atoms. The molecule has 26 heavy (non-hydrogen) atoms. The molecule has 11 heteroatoms. The average molecular weight is 392 g/mol. The van der Waals surface area contributed by atoms with Crippen LogP contribution >= 0.6 is 0 Å². The topological polar surface area (TPSA) is 73.6 Å². The van der Waals surface area contributed by atoms with Crippen molar-refractivity contribution < 1.29 is 39.0 Å². The van der Waals surface area contributed by atoms with E-state index in [1.165, 1.54) is 12.1 Å². The van der Waals surface area contributed by atoms with Gasteiger partial charge in [0.2, 0.25) is 5.82 Å². The standard InChI is InChI=1S/C15H5F5O5S/c16-10-11(17)13(19)15(14(20)12(10)18)26(22,23)25-7-3-1-6-2-4-9(21)24-8(6)5-7/h1-5H. The molecule has 2 aromatic carbocycles. The third-order valence-corrected chi connectivity index (χ3v) is 4.49. The molecule has 0 fully saturated rings. The van der Waals surface area contributed by atoms with Crippen LogP contribution in [0.25, 0.3) is 11.0 Å². The van der Waals surface area contributed by atoms with Crippen molar-refractivity contribution in [1.29, 1.82) is 0 Å². The highest BCUT2D eigenvalue weighted by molar-refractivity contribution is 7.87. The van der Waals surface area contributed by atoms with Crippen molar-refractivity contribution in [3.63, 3.8) is 0 Å². The van der Waals surface area contributed by atoms with E-state index in [2.05, 4.69) is 4.18 Å². The van der Waals surface area contributed by atoms with Gasteiger partial charge >= 0.3 is 15.7 Å². The van der Waals surface area contributed by atoms with Crippen LogP contribution in [-0.2, 0) is 10.1 Å². The van der Waals surface area contributed by atoms with Crippen molar-refractivity contribution in [3.8, 4) is 5.75 Å². The Morgan fingerprint density at radius 1 is 0.808 bits per heavy atom. The average Bonchev–Trinajstić information content (AvgIpc) is 2.57. The Hall–Kier alpha value is -2.95. The maximum absolute atomic E-state index is 13.7. The van der Waals surface area contributed by atoms with E-state index in [0.717, 1.165) is 18.2 Å². The smallest absolute Gasteiger partial charge is 0.345 e. The van der Waals surface area contributed by atoms with Crippen LogP contribution in [0.3, 0.4) is 0 Å². The first-order valence-corrected chi connectivity index (χ1v) is 8.02. The summed E-state index contributed by atoms with van der Waals surface area (Å²) < 4.78 is 100.0. The molecule has 0 aliphatic heterocycles. The number of fused-ring (bicyclic) bond motifs is 1. The second kappa shape index (κ2) is 6.09. The first-order chi connectivity index (χ1) is 12.1. The van der Waals surface area contributed by atoms with Gasteiger partial charge in [0.25, 0.3) is 0 Å². The molecule has 0 saturated carbocycles. The summed E-state index contributed by atoms with van der Waals surface area (Å²) in [6.45, 7) is 0. The van der Waals surface area contributed by atoms with Gasteiger partial charge in [-0.25, -0.2) is 26.7 Å². The highest BCUT2D eigenvalue weighted by Gasteiger charge is 2.35. The van der Waals surface area contributed by atoms with Crippen molar-refractivity contribution >= 4 is 21.1 Å². The minimum atomic E-state index is -5.43. The predicted octanol–water partition coefficient (Wildman–Crippen LogP) is 3.26. The Morgan fingerprint density at radius 3 is 1.96 bits per heavy atom. The summed E-state index contributed by atoms with van der Waals surface area (Å²) >= 11 is 0. The van der Waals surface area contributed by atoms with Gasteiger partial charge in [0.05, 0.1) is 0 Å². The van der Waals surface area contributed by atoms with Crippen LogP contribution in [0.4, 0.5) is 22.0 Å². The fourth-order valence-corrected chi connectivity index (χ4v) is 3.12. The molecule has 136 valence electrons. The van der Waals surface area contributed by atoms with Gasteiger partial charge in [0.1, 0.15) is 11.3 Å². The largest absolute Gasteiger partial charge is 0.423 e. The Morgan fingerprint density at radius 2 is 1.35 bits per heavy atom. The van der Waals surface area contributed by atoms with Crippen molar-refractivity contribution in [1.82, 2.24) is 0 Å². The van der Waals surface area contributed by atoms with Gasteiger partial charge < -0.3 is 8.60 Å². The molecule has 3 rings (SSSR count). The summed E-state index contributed by atoms with van der Waals surface area (Å²) in [5, 5.41) is 0.366. The van der Waals surface area contributed by atoms with E-state index >= 15 is 0 Å². The van der Waals surface area contributed by atoms with E-state index < -0.39 is 55.5 Å². The lowest BCUT2D eigenvalue weighted by molar-refractivity contribution is 0.352. The summed E-state index contributed by atoms with van der Waals surface area (Å²) in [6, 6.07) is 5.63. The molecule has 1 aromatic heterocycles. The molecular formula is C15H5F5O5S. The van der Waals surface area contributed by atoms with E-state index in [1.54, 1.807) is 0 Å². The van der Waals surface area contributed by atoms with Gasteiger partial charge in [0.15, 0.2) is 28.2 Å². The molecule has 1 heterocycles. The molecule has 0 aliphatic carbocycles. The molecule has 0 N–H and O–H groups in total. The van der Waals surface area contributed by atoms with Crippen LogP contribution in [0.5, 0.6) is 5.75 Å². The van der Waals surface area contributed by atoms with E-state index in [1.807, 2.05) is 0 Å². The van der Waals surface area contributed by atoms with Crippen LogP contribution in [0.15, 0.2) is 44.4 Å². The van der Waals surface area contributed by atoms with Crippen LogP contribution < -0.4 is 9.81 Å². The number of rotatable bonds is 3. The summed E-state index contributed by atoms with van der Waals surface area (Å²) in [5.74, 6) is -13.1. The van der Waals surface area contributed by atoms with Gasteiger partial charge in [-0.2, -0.15) is 8.42 Å². The van der Waals surface area contributed by atoms with E-state index in [-0.39, 0.29) is 5.58 Å². The molecule has 0 unspecified atom stereocenters. The summed E-state index contributed by atoms with van der Waals surface area (Å²) in [6.07, 6.45) is 0. The van der Waals surface area contributed by atoms with Gasteiger partial charge in [0, 0.05) is 17.5 Å². The highest BCUT2D eigenvalue weighted by Crippen LogP contribution is 2.29. The van der Waals surface area contributed by atoms with Gasteiger partial charge in [-0.1, -0.05) is 0 Å². The highest BCUT2D eigenvalue weighted by atomic mass is 32.2. The SMILES string of the molecule is O=c1ccc2ccc(OS(=O)(=O)c3c(F)c(F)c(F)c(F)c3F)cc2o1. The van der Waals surface area contributed by atoms with Crippen LogP contribution in [0, 0.1) is 29.1 Å². The second-order valence-corrected chi connectivity index (χ2v) is 6.37. The number of halogens is 5. The molecule has 0 amide bonds. The lowest BCUT2D eigenvalue weighted by Crippen LogP contribution is -2.17. The summed E-state index contributed by atoms with van der Waals surface area (Å²) in [7, 11) is -5.43. The zero-order chi connectivity index (χ0) is 19.2. The van der Waals surface area contributed by atoms with Crippen molar-refractivity contribution in [2.75, 3.05) is 0 Å². The molecular weight excluding hydrogens is 387 g/mol. The maximum atomic E-state index is 13.7. The monoisotopic (exact) mass is 392 g/mol.